The summed E-state index contributed by atoms with van der Waals surface area (Å²) in [4.78, 5) is 7.65. The summed E-state index contributed by atoms with van der Waals surface area (Å²) in [6, 6.07) is 13.5. The Morgan fingerprint density at radius 1 is 0.957 bits per heavy atom. The van der Waals surface area contributed by atoms with Crippen LogP contribution >= 0.6 is 11.8 Å². The molecule has 118 valence electrons. The standard InChI is InChI=1S/C18H18FN3S/c19-13-4-3-5-14-18(13)17(12-21-14)23-16-7-2-1-6-15(16)22-10-8-20-9-11-22/h1-7,12,20-21H,8-11H2. The number of para-hydroxylation sites is 1. The highest BCUT2D eigenvalue weighted by Crippen LogP contribution is 2.39. The first-order valence-electron chi connectivity index (χ1n) is 7.81. The number of H-pyrrole nitrogens is 1. The Hall–Kier alpha value is -1.98. The van der Waals surface area contributed by atoms with Gasteiger partial charge in [-0.1, -0.05) is 30.0 Å². The molecule has 3 nitrogen and oxygen atoms in total. The van der Waals surface area contributed by atoms with Crippen molar-refractivity contribution in [3.8, 4) is 0 Å². The monoisotopic (exact) mass is 327 g/mol. The van der Waals surface area contributed by atoms with E-state index in [-0.39, 0.29) is 5.82 Å². The maximum Gasteiger partial charge on any atom is 0.133 e. The van der Waals surface area contributed by atoms with Crippen LogP contribution in [0.25, 0.3) is 10.9 Å². The summed E-state index contributed by atoms with van der Waals surface area (Å²) in [5.74, 6) is -0.175. The average Bonchev–Trinajstić information content (AvgIpc) is 3.01. The number of hydrogen-bond acceptors (Lipinski definition) is 3. The molecule has 0 bridgehead atoms. The lowest BCUT2D eigenvalue weighted by Gasteiger charge is -2.30. The Morgan fingerprint density at radius 2 is 1.78 bits per heavy atom. The zero-order chi connectivity index (χ0) is 15.6. The largest absolute Gasteiger partial charge is 0.368 e. The molecule has 0 aliphatic carbocycles. The fraction of sp³-hybridized carbons (Fsp3) is 0.222. The van der Waals surface area contributed by atoms with Crippen LogP contribution in [0.3, 0.4) is 0 Å². The molecule has 1 saturated heterocycles. The van der Waals surface area contributed by atoms with Gasteiger partial charge in [0.2, 0.25) is 0 Å². The van der Waals surface area contributed by atoms with Gasteiger partial charge >= 0.3 is 0 Å². The second-order valence-electron chi connectivity index (χ2n) is 5.62. The van der Waals surface area contributed by atoms with Gasteiger partial charge < -0.3 is 15.2 Å². The molecule has 3 aromatic rings. The Labute approximate surface area is 138 Å². The molecule has 1 fully saturated rings. The molecular formula is C18H18FN3S. The number of anilines is 1. The summed E-state index contributed by atoms with van der Waals surface area (Å²) in [6.45, 7) is 4.00. The van der Waals surface area contributed by atoms with Crippen molar-refractivity contribution in [2.45, 2.75) is 9.79 Å². The van der Waals surface area contributed by atoms with Gasteiger partial charge in [-0.25, -0.2) is 4.39 Å². The molecular weight excluding hydrogens is 309 g/mol. The van der Waals surface area contributed by atoms with E-state index in [4.69, 9.17) is 0 Å². The zero-order valence-electron chi connectivity index (χ0n) is 12.7. The summed E-state index contributed by atoms with van der Waals surface area (Å²) >= 11 is 1.62. The fourth-order valence-corrected chi connectivity index (χ4v) is 4.13. The van der Waals surface area contributed by atoms with Gasteiger partial charge in [0.25, 0.3) is 0 Å². The Kier molecular flexibility index (Phi) is 3.97. The normalized spacial score (nSPS) is 15.3. The number of aromatic amines is 1. The molecule has 1 aliphatic heterocycles. The van der Waals surface area contributed by atoms with Gasteiger partial charge in [0.1, 0.15) is 5.82 Å². The van der Waals surface area contributed by atoms with E-state index in [2.05, 4.69) is 33.4 Å². The minimum absolute atomic E-state index is 0.175. The van der Waals surface area contributed by atoms with Crippen LogP contribution in [0.4, 0.5) is 10.1 Å². The Morgan fingerprint density at radius 3 is 2.65 bits per heavy atom. The third-order valence-electron chi connectivity index (χ3n) is 4.16. The molecule has 0 saturated carbocycles. The smallest absolute Gasteiger partial charge is 0.133 e. The van der Waals surface area contributed by atoms with E-state index in [0.29, 0.717) is 5.39 Å². The van der Waals surface area contributed by atoms with Crippen LogP contribution in [0.1, 0.15) is 0 Å². The lowest BCUT2D eigenvalue weighted by atomic mass is 10.2. The first-order valence-corrected chi connectivity index (χ1v) is 8.63. The van der Waals surface area contributed by atoms with E-state index < -0.39 is 0 Å². The van der Waals surface area contributed by atoms with Crippen LogP contribution in [0, 0.1) is 5.82 Å². The highest BCUT2D eigenvalue weighted by Gasteiger charge is 2.16. The number of fused-ring (bicyclic) bond motifs is 1. The molecule has 0 radical (unpaired) electrons. The van der Waals surface area contributed by atoms with Crippen molar-refractivity contribution in [1.82, 2.24) is 10.3 Å². The molecule has 23 heavy (non-hydrogen) atoms. The van der Waals surface area contributed by atoms with E-state index in [9.17, 15) is 4.39 Å². The number of halogens is 1. The quantitative estimate of drug-likeness (QED) is 0.766. The summed E-state index contributed by atoms with van der Waals surface area (Å²) in [5, 5.41) is 4.05. The van der Waals surface area contributed by atoms with Crippen LogP contribution in [0.15, 0.2) is 58.5 Å². The number of aromatic nitrogens is 1. The van der Waals surface area contributed by atoms with Crippen LogP contribution in [0.2, 0.25) is 0 Å². The number of piperazine rings is 1. The van der Waals surface area contributed by atoms with E-state index >= 15 is 0 Å². The summed E-state index contributed by atoms with van der Waals surface area (Å²) in [5.41, 5.74) is 2.07. The predicted octanol–water partition coefficient (Wildman–Crippen LogP) is 3.87. The molecule has 0 unspecified atom stereocenters. The van der Waals surface area contributed by atoms with Crippen molar-refractivity contribution in [2.24, 2.45) is 0 Å². The maximum atomic E-state index is 14.2. The molecule has 2 N–H and O–H groups in total. The minimum Gasteiger partial charge on any atom is -0.368 e. The molecule has 4 rings (SSSR count). The maximum absolute atomic E-state index is 14.2. The lowest BCUT2D eigenvalue weighted by Crippen LogP contribution is -2.43. The second kappa shape index (κ2) is 6.26. The molecule has 0 spiro atoms. The number of hydrogen-bond donors (Lipinski definition) is 2. The molecule has 0 atom stereocenters. The molecule has 2 aromatic carbocycles. The van der Waals surface area contributed by atoms with Gasteiger partial charge in [0, 0.05) is 53.1 Å². The molecule has 1 aromatic heterocycles. The van der Waals surface area contributed by atoms with E-state index in [1.54, 1.807) is 17.8 Å². The van der Waals surface area contributed by atoms with Crippen molar-refractivity contribution >= 4 is 28.4 Å². The van der Waals surface area contributed by atoms with E-state index in [1.165, 1.54) is 16.6 Å². The van der Waals surface area contributed by atoms with Gasteiger partial charge in [0.05, 0.1) is 5.69 Å². The van der Waals surface area contributed by atoms with Gasteiger partial charge in [-0.3, -0.25) is 0 Å². The molecule has 0 amide bonds. The van der Waals surface area contributed by atoms with Crippen molar-refractivity contribution in [3.63, 3.8) is 0 Å². The number of nitrogens with zero attached hydrogens (tertiary/aromatic N) is 1. The predicted molar refractivity (Wildman–Crippen MR) is 93.9 cm³/mol. The van der Waals surface area contributed by atoms with E-state index in [1.807, 2.05) is 18.3 Å². The van der Waals surface area contributed by atoms with Crippen molar-refractivity contribution in [1.29, 1.82) is 0 Å². The zero-order valence-corrected chi connectivity index (χ0v) is 13.5. The first-order chi connectivity index (χ1) is 11.3. The third-order valence-corrected chi connectivity index (χ3v) is 5.27. The van der Waals surface area contributed by atoms with Gasteiger partial charge in [-0.2, -0.15) is 0 Å². The van der Waals surface area contributed by atoms with Crippen LogP contribution in [-0.2, 0) is 0 Å². The van der Waals surface area contributed by atoms with Gasteiger partial charge in [-0.05, 0) is 24.3 Å². The third kappa shape index (κ3) is 2.82. The summed E-state index contributed by atoms with van der Waals surface area (Å²) in [7, 11) is 0. The van der Waals surface area contributed by atoms with Crippen molar-refractivity contribution in [2.75, 3.05) is 31.1 Å². The van der Waals surface area contributed by atoms with Crippen LogP contribution in [-0.4, -0.2) is 31.2 Å². The number of nitrogens with one attached hydrogen (secondary N) is 2. The van der Waals surface area contributed by atoms with Crippen LogP contribution in [0.5, 0.6) is 0 Å². The van der Waals surface area contributed by atoms with Gasteiger partial charge in [0.15, 0.2) is 0 Å². The SMILES string of the molecule is Fc1cccc2[nH]cc(Sc3ccccc3N3CCNCC3)c12. The van der Waals surface area contributed by atoms with Crippen LogP contribution < -0.4 is 10.2 Å². The summed E-state index contributed by atoms with van der Waals surface area (Å²) < 4.78 is 14.2. The van der Waals surface area contributed by atoms with Gasteiger partial charge in [-0.15, -0.1) is 0 Å². The van der Waals surface area contributed by atoms with Crippen molar-refractivity contribution < 1.29 is 4.39 Å². The average molecular weight is 327 g/mol. The Balaban J connectivity index is 1.71. The highest BCUT2D eigenvalue weighted by molar-refractivity contribution is 7.99. The number of rotatable bonds is 3. The topological polar surface area (TPSA) is 31.1 Å². The summed E-state index contributed by atoms with van der Waals surface area (Å²) in [6.07, 6.45) is 1.90. The first kappa shape index (κ1) is 14.6. The molecule has 1 aliphatic rings. The molecule has 2 heterocycles. The highest BCUT2D eigenvalue weighted by atomic mass is 32.2. The van der Waals surface area contributed by atoms with E-state index in [0.717, 1.165) is 36.6 Å². The number of benzene rings is 2. The minimum atomic E-state index is -0.175. The lowest BCUT2D eigenvalue weighted by molar-refractivity contribution is 0.587. The fourth-order valence-electron chi connectivity index (χ4n) is 3.02. The Bertz CT molecular complexity index is 824. The van der Waals surface area contributed by atoms with Crippen molar-refractivity contribution in [3.05, 3.63) is 54.5 Å². The molecule has 5 heteroatoms. The second-order valence-corrected chi connectivity index (χ2v) is 6.71.